The summed E-state index contributed by atoms with van der Waals surface area (Å²) in [5.41, 5.74) is 0. The van der Waals surface area contributed by atoms with E-state index in [1.807, 2.05) is 0 Å². The van der Waals surface area contributed by atoms with Crippen LogP contribution in [0.2, 0.25) is 0 Å². The first-order valence-corrected chi connectivity index (χ1v) is 8.01. The number of hydrogen-bond donors (Lipinski definition) is 2. The highest BCUT2D eigenvalue weighted by molar-refractivity contribution is 14.0. The second-order valence-electron chi connectivity index (χ2n) is 5.89. The zero-order valence-electron chi connectivity index (χ0n) is 13.5. The first-order chi connectivity index (χ1) is 9.67. The number of ether oxygens (including phenoxy) is 2. The van der Waals surface area contributed by atoms with Crippen molar-refractivity contribution < 1.29 is 9.47 Å². The van der Waals surface area contributed by atoms with Crippen LogP contribution in [0.5, 0.6) is 0 Å². The van der Waals surface area contributed by atoms with Gasteiger partial charge in [-0.25, -0.2) is 0 Å². The minimum atomic E-state index is -0.302. The van der Waals surface area contributed by atoms with Crippen LogP contribution >= 0.6 is 24.0 Å². The van der Waals surface area contributed by atoms with Crippen LogP contribution in [0.15, 0.2) is 4.99 Å². The molecule has 124 valence electrons. The van der Waals surface area contributed by atoms with Crippen molar-refractivity contribution in [2.45, 2.75) is 58.3 Å². The predicted octanol–water partition coefficient (Wildman–Crippen LogP) is 2.50. The minimum absolute atomic E-state index is 0. The largest absolute Gasteiger partial charge is 0.357 e. The lowest BCUT2D eigenvalue weighted by molar-refractivity contribution is -0.190. The molecule has 1 atom stereocenters. The lowest BCUT2D eigenvalue weighted by atomic mass is 9.86. The first-order valence-electron chi connectivity index (χ1n) is 8.01. The Bertz CT molecular complexity index is 323. The second-order valence-corrected chi connectivity index (χ2v) is 5.89. The van der Waals surface area contributed by atoms with Crippen LogP contribution in [0.1, 0.15) is 46.5 Å². The summed E-state index contributed by atoms with van der Waals surface area (Å²) in [6.07, 6.45) is 4.56. The summed E-state index contributed by atoms with van der Waals surface area (Å²) in [6.45, 7) is 9.52. The van der Waals surface area contributed by atoms with Crippen LogP contribution in [-0.4, -0.2) is 44.1 Å². The number of nitrogens with one attached hydrogen (secondary N) is 2. The van der Waals surface area contributed by atoms with Crippen molar-refractivity contribution in [1.82, 2.24) is 10.6 Å². The summed E-state index contributed by atoms with van der Waals surface area (Å²) < 4.78 is 12.1. The number of rotatable bonds is 4. The van der Waals surface area contributed by atoms with E-state index in [-0.39, 0.29) is 35.9 Å². The molecule has 0 aromatic heterocycles. The number of halogens is 1. The molecule has 6 heteroatoms. The van der Waals surface area contributed by atoms with Crippen molar-refractivity contribution in [3.8, 4) is 0 Å². The van der Waals surface area contributed by atoms with Crippen molar-refractivity contribution in [3.63, 3.8) is 0 Å². The number of hydrogen-bond acceptors (Lipinski definition) is 3. The molecule has 0 aromatic carbocycles. The number of nitrogens with zero attached hydrogens (tertiary/aromatic N) is 1. The fourth-order valence-corrected chi connectivity index (χ4v) is 2.87. The van der Waals surface area contributed by atoms with Gasteiger partial charge in [0, 0.05) is 25.9 Å². The molecule has 21 heavy (non-hydrogen) atoms. The van der Waals surface area contributed by atoms with Gasteiger partial charge in [-0.15, -0.1) is 24.0 Å². The summed E-state index contributed by atoms with van der Waals surface area (Å²) in [7, 11) is 0. The molecule has 0 amide bonds. The van der Waals surface area contributed by atoms with Crippen LogP contribution in [0.25, 0.3) is 0 Å². The van der Waals surface area contributed by atoms with Gasteiger partial charge in [0.2, 0.25) is 0 Å². The Balaban J connectivity index is 0.00000220. The van der Waals surface area contributed by atoms with Crippen molar-refractivity contribution >= 4 is 29.9 Å². The standard InChI is InChI=1S/C15H29N3O2.HI/c1-4-16-14(17-5-2)18-10-13-11-19-15(20-13)8-6-12(3)7-9-15;/h12-13H,4-11H2,1-3H3,(H2,16,17,18);1H. The van der Waals surface area contributed by atoms with Gasteiger partial charge in [0.05, 0.1) is 13.2 Å². The van der Waals surface area contributed by atoms with Crippen molar-refractivity contribution in [1.29, 1.82) is 0 Å². The molecular weight excluding hydrogens is 381 g/mol. The topological polar surface area (TPSA) is 54.9 Å². The molecule has 1 saturated heterocycles. The smallest absolute Gasteiger partial charge is 0.191 e. The molecule has 1 saturated carbocycles. The van der Waals surface area contributed by atoms with E-state index in [9.17, 15) is 0 Å². The molecule has 5 nitrogen and oxygen atoms in total. The third-order valence-electron chi connectivity index (χ3n) is 4.09. The van der Waals surface area contributed by atoms with E-state index >= 15 is 0 Å². The molecule has 1 spiro atoms. The summed E-state index contributed by atoms with van der Waals surface area (Å²) in [4.78, 5) is 4.57. The molecule has 1 aliphatic carbocycles. The highest BCUT2D eigenvalue weighted by atomic mass is 127. The quantitative estimate of drug-likeness (QED) is 0.424. The molecular formula is C15H30IN3O2. The summed E-state index contributed by atoms with van der Waals surface area (Å²) in [6, 6.07) is 0. The molecule has 0 aromatic rings. The molecule has 2 rings (SSSR count). The van der Waals surface area contributed by atoms with Gasteiger partial charge in [-0.2, -0.15) is 0 Å². The zero-order chi connectivity index (χ0) is 14.4. The Labute approximate surface area is 145 Å². The lowest BCUT2D eigenvalue weighted by Gasteiger charge is -2.34. The van der Waals surface area contributed by atoms with Gasteiger partial charge < -0.3 is 20.1 Å². The number of guanidine groups is 1. The zero-order valence-corrected chi connectivity index (χ0v) is 15.8. The third kappa shape index (κ3) is 5.56. The van der Waals surface area contributed by atoms with Crippen molar-refractivity contribution in [3.05, 3.63) is 0 Å². The van der Waals surface area contributed by atoms with Crippen LogP contribution in [-0.2, 0) is 9.47 Å². The molecule has 0 bridgehead atoms. The van der Waals surface area contributed by atoms with Crippen LogP contribution in [0.4, 0.5) is 0 Å². The van der Waals surface area contributed by atoms with Gasteiger partial charge in [0.1, 0.15) is 6.10 Å². The van der Waals surface area contributed by atoms with Gasteiger partial charge in [0.25, 0.3) is 0 Å². The predicted molar refractivity (Wildman–Crippen MR) is 96.3 cm³/mol. The van der Waals surface area contributed by atoms with E-state index in [1.165, 1.54) is 12.8 Å². The molecule has 2 N–H and O–H groups in total. The summed E-state index contributed by atoms with van der Waals surface area (Å²) in [5, 5.41) is 6.45. The SMILES string of the molecule is CCNC(=NCC1COC2(CCC(C)CC2)O1)NCC.I. The Kier molecular flexibility index (Phi) is 8.26. The van der Waals surface area contributed by atoms with E-state index < -0.39 is 0 Å². The highest BCUT2D eigenvalue weighted by Crippen LogP contribution is 2.39. The molecule has 1 aliphatic heterocycles. The average Bonchev–Trinajstić information content (AvgIpc) is 2.84. The lowest BCUT2D eigenvalue weighted by Crippen LogP contribution is -2.38. The molecule has 2 aliphatic rings. The fourth-order valence-electron chi connectivity index (χ4n) is 2.87. The van der Waals surface area contributed by atoms with E-state index in [0.29, 0.717) is 13.2 Å². The Hall–Kier alpha value is -0.0800. The van der Waals surface area contributed by atoms with E-state index in [2.05, 4.69) is 36.4 Å². The molecule has 1 unspecified atom stereocenters. The Morgan fingerprint density at radius 3 is 2.38 bits per heavy atom. The van der Waals surface area contributed by atoms with Crippen LogP contribution < -0.4 is 10.6 Å². The maximum Gasteiger partial charge on any atom is 0.191 e. The van der Waals surface area contributed by atoms with Gasteiger partial charge in [-0.05, 0) is 32.6 Å². The van der Waals surface area contributed by atoms with Crippen LogP contribution in [0.3, 0.4) is 0 Å². The summed E-state index contributed by atoms with van der Waals surface area (Å²) >= 11 is 0. The summed E-state index contributed by atoms with van der Waals surface area (Å²) in [5.74, 6) is 1.36. The van der Waals surface area contributed by atoms with E-state index in [1.54, 1.807) is 0 Å². The van der Waals surface area contributed by atoms with Gasteiger partial charge >= 0.3 is 0 Å². The maximum atomic E-state index is 6.16. The Morgan fingerprint density at radius 2 is 1.81 bits per heavy atom. The third-order valence-corrected chi connectivity index (χ3v) is 4.09. The molecule has 1 heterocycles. The van der Waals surface area contributed by atoms with E-state index in [4.69, 9.17) is 9.47 Å². The minimum Gasteiger partial charge on any atom is -0.357 e. The molecule has 0 radical (unpaired) electrons. The van der Waals surface area contributed by atoms with Gasteiger partial charge in [-0.3, -0.25) is 4.99 Å². The maximum absolute atomic E-state index is 6.16. The second kappa shape index (κ2) is 9.15. The fraction of sp³-hybridized carbons (Fsp3) is 0.933. The average molecular weight is 411 g/mol. The molecule has 2 fully saturated rings. The van der Waals surface area contributed by atoms with Gasteiger partial charge in [-0.1, -0.05) is 6.92 Å². The number of aliphatic imine (C=N–C) groups is 1. The Morgan fingerprint density at radius 1 is 1.19 bits per heavy atom. The first kappa shape index (κ1) is 19.0. The van der Waals surface area contributed by atoms with E-state index in [0.717, 1.165) is 37.8 Å². The van der Waals surface area contributed by atoms with Crippen molar-refractivity contribution in [2.24, 2.45) is 10.9 Å². The highest BCUT2D eigenvalue weighted by Gasteiger charge is 2.43. The van der Waals surface area contributed by atoms with Crippen molar-refractivity contribution in [2.75, 3.05) is 26.2 Å². The normalized spacial score (nSPS) is 31.6. The monoisotopic (exact) mass is 411 g/mol. The van der Waals surface area contributed by atoms with Gasteiger partial charge in [0.15, 0.2) is 11.7 Å². The van der Waals surface area contributed by atoms with Crippen LogP contribution in [0, 0.1) is 5.92 Å².